The monoisotopic (exact) mass is 195 g/mol. The van der Waals surface area contributed by atoms with Crippen molar-refractivity contribution < 1.29 is 4.79 Å². The SMILES string of the molecule is CN(C)C(=O)CCCCn1ccnc1. The van der Waals surface area contributed by atoms with Crippen LogP contribution in [0, 0.1) is 0 Å². The van der Waals surface area contributed by atoms with E-state index >= 15 is 0 Å². The highest BCUT2D eigenvalue weighted by molar-refractivity contribution is 5.75. The van der Waals surface area contributed by atoms with E-state index in [0.717, 1.165) is 19.4 Å². The predicted molar refractivity (Wildman–Crippen MR) is 54.8 cm³/mol. The molecule has 0 unspecified atom stereocenters. The van der Waals surface area contributed by atoms with E-state index in [1.807, 2.05) is 10.8 Å². The normalized spacial score (nSPS) is 10.1. The van der Waals surface area contributed by atoms with Crippen molar-refractivity contribution in [3.63, 3.8) is 0 Å². The minimum atomic E-state index is 0.204. The van der Waals surface area contributed by atoms with E-state index in [4.69, 9.17) is 0 Å². The number of aromatic nitrogens is 2. The molecule has 0 aliphatic carbocycles. The molecule has 1 aromatic rings. The lowest BCUT2D eigenvalue weighted by Gasteiger charge is -2.09. The standard InChI is InChI=1S/C10H17N3O/c1-12(2)10(14)5-3-4-7-13-8-6-11-9-13/h6,8-9H,3-5,7H2,1-2H3. The lowest BCUT2D eigenvalue weighted by molar-refractivity contribution is -0.128. The maximum atomic E-state index is 11.2. The van der Waals surface area contributed by atoms with Gasteiger partial charge in [0.15, 0.2) is 0 Å². The van der Waals surface area contributed by atoms with E-state index < -0.39 is 0 Å². The zero-order valence-electron chi connectivity index (χ0n) is 8.81. The molecule has 0 aromatic carbocycles. The molecule has 0 bridgehead atoms. The van der Waals surface area contributed by atoms with Crippen LogP contribution in [0.3, 0.4) is 0 Å². The molecule has 4 nitrogen and oxygen atoms in total. The lowest BCUT2D eigenvalue weighted by atomic mass is 10.2. The van der Waals surface area contributed by atoms with Gasteiger partial charge in [-0.2, -0.15) is 0 Å². The van der Waals surface area contributed by atoms with Gasteiger partial charge in [-0.15, -0.1) is 0 Å². The van der Waals surface area contributed by atoms with Crippen molar-refractivity contribution in [2.75, 3.05) is 14.1 Å². The third-order valence-electron chi connectivity index (χ3n) is 2.11. The summed E-state index contributed by atoms with van der Waals surface area (Å²) in [6, 6.07) is 0. The van der Waals surface area contributed by atoms with E-state index in [-0.39, 0.29) is 5.91 Å². The van der Waals surface area contributed by atoms with Crippen LogP contribution in [0.4, 0.5) is 0 Å². The predicted octanol–water partition coefficient (Wildman–Crippen LogP) is 1.14. The zero-order chi connectivity index (χ0) is 10.4. The van der Waals surface area contributed by atoms with Gasteiger partial charge in [0.2, 0.25) is 5.91 Å². The first kappa shape index (κ1) is 10.8. The molecule has 0 spiro atoms. The van der Waals surface area contributed by atoms with Gasteiger partial charge in [0.25, 0.3) is 0 Å². The quantitative estimate of drug-likeness (QED) is 0.661. The van der Waals surface area contributed by atoms with Gasteiger partial charge < -0.3 is 9.47 Å². The minimum absolute atomic E-state index is 0.204. The molecule has 0 aliphatic heterocycles. The van der Waals surface area contributed by atoms with Crippen LogP contribution in [0.25, 0.3) is 0 Å². The number of carbonyl (C=O) groups excluding carboxylic acids is 1. The molecule has 0 radical (unpaired) electrons. The number of imidazole rings is 1. The van der Waals surface area contributed by atoms with E-state index in [9.17, 15) is 4.79 Å². The molecule has 14 heavy (non-hydrogen) atoms. The zero-order valence-corrected chi connectivity index (χ0v) is 8.81. The maximum Gasteiger partial charge on any atom is 0.222 e. The number of hydrogen-bond donors (Lipinski definition) is 0. The summed E-state index contributed by atoms with van der Waals surface area (Å²) in [5.41, 5.74) is 0. The molecule has 0 atom stereocenters. The van der Waals surface area contributed by atoms with Gasteiger partial charge in [-0.3, -0.25) is 4.79 Å². The Morgan fingerprint density at radius 1 is 1.43 bits per heavy atom. The molecule has 1 aromatic heterocycles. The van der Waals surface area contributed by atoms with Gasteiger partial charge in [0, 0.05) is 39.5 Å². The van der Waals surface area contributed by atoms with Gasteiger partial charge in [0.1, 0.15) is 0 Å². The number of unbranched alkanes of at least 4 members (excludes halogenated alkanes) is 1. The first-order valence-corrected chi connectivity index (χ1v) is 4.86. The average molecular weight is 195 g/mol. The average Bonchev–Trinajstić information content (AvgIpc) is 2.64. The van der Waals surface area contributed by atoms with E-state index in [1.54, 1.807) is 31.5 Å². The van der Waals surface area contributed by atoms with Crippen LogP contribution >= 0.6 is 0 Å². The summed E-state index contributed by atoms with van der Waals surface area (Å²) in [4.78, 5) is 16.8. The molecule has 0 aliphatic rings. The molecular formula is C10H17N3O. The van der Waals surface area contributed by atoms with Gasteiger partial charge in [-0.25, -0.2) is 4.98 Å². The van der Waals surface area contributed by atoms with Crippen molar-refractivity contribution >= 4 is 5.91 Å². The Kier molecular flexibility index (Phi) is 4.16. The van der Waals surface area contributed by atoms with Gasteiger partial charge in [-0.05, 0) is 12.8 Å². The molecule has 4 heteroatoms. The largest absolute Gasteiger partial charge is 0.349 e. The first-order valence-electron chi connectivity index (χ1n) is 4.86. The van der Waals surface area contributed by atoms with Crippen LogP contribution in [-0.4, -0.2) is 34.5 Å². The second-order valence-electron chi connectivity index (χ2n) is 3.55. The van der Waals surface area contributed by atoms with Gasteiger partial charge in [-0.1, -0.05) is 0 Å². The van der Waals surface area contributed by atoms with Crippen LogP contribution in [-0.2, 0) is 11.3 Å². The fourth-order valence-corrected chi connectivity index (χ4v) is 1.21. The molecule has 1 heterocycles. The van der Waals surface area contributed by atoms with Gasteiger partial charge >= 0.3 is 0 Å². The summed E-state index contributed by atoms with van der Waals surface area (Å²) < 4.78 is 2.03. The summed E-state index contributed by atoms with van der Waals surface area (Å²) >= 11 is 0. The van der Waals surface area contributed by atoms with Crippen molar-refractivity contribution in [1.82, 2.24) is 14.5 Å². The van der Waals surface area contributed by atoms with Crippen molar-refractivity contribution in [2.45, 2.75) is 25.8 Å². The number of carbonyl (C=O) groups is 1. The summed E-state index contributed by atoms with van der Waals surface area (Å²) in [6.07, 6.45) is 8.11. The molecule has 0 saturated carbocycles. The Hall–Kier alpha value is -1.32. The highest BCUT2D eigenvalue weighted by atomic mass is 16.2. The number of amides is 1. The molecule has 78 valence electrons. The number of hydrogen-bond acceptors (Lipinski definition) is 2. The van der Waals surface area contributed by atoms with Crippen molar-refractivity contribution in [1.29, 1.82) is 0 Å². The summed E-state index contributed by atoms with van der Waals surface area (Å²) in [5.74, 6) is 0.204. The van der Waals surface area contributed by atoms with Crippen molar-refractivity contribution in [3.8, 4) is 0 Å². The number of nitrogens with zero attached hydrogens (tertiary/aromatic N) is 3. The maximum absolute atomic E-state index is 11.2. The number of aryl methyl sites for hydroxylation is 1. The van der Waals surface area contributed by atoms with E-state index in [0.29, 0.717) is 6.42 Å². The van der Waals surface area contributed by atoms with Gasteiger partial charge in [0.05, 0.1) is 6.33 Å². The number of rotatable bonds is 5. The molecule has 1 rings (SSSR count). The third-order valence-corrected chi connectivity index (χ3v) is 2.11. The Morgan fingerprint density at radius 2 is 2.21 bits per heavy atom. The fourth-order valence-electron chi connectivity index (χ4n) is 1.21. The molecular weight excluding hydrogens is 178 g/mol. The second kappa shape index (κ2) is 5.42. The van der Waals surface area contributed by atoms with Crippen LogP contribution in [0.1, 0.15) is 19.3 Å². The topological polar surface area (TPSA) is 38.1 Å². The molecule has 0 fully saturated rings. The van der Waals surface area contributed by atoms with E-state index in [1.165, 1.54) is 0 Å². The summed E-state index contributed by atoms with van der Waals surface area (Å²) in [5, 5.41) is 0. The summed E-state index contributed by atoms with van der Waals surface area (Å²) in [7, 11) is 3.58. The summed E-state index contributed by atoms with van der Waals surface area (Å²) in [6.45, 7) is 0.945. The molecule has 1 amide bonds. The van der Waals surface area contributed by atoms with Crippen LogP contribution in [0.2, 0.25) is 0 Å². The Balaban J connectivity index is 2.08. The second-order valence-corrected chi connectivity index (χ2v) is 3.55. The van der Waals surface area contributed by atoms with Crippen LogP contribution < -0.4 is 0 Å². The van der Waals surface area contributed by atoms with Crippen molar-refractivity contribution in [2.24, 2.45) is 0 Å². The lowest BCUT2D eigenvalue weighted by Crippen LogP contribution is -2.21. The molecule has 0 N–H and O–H groups in total. The van der Waals surface area contributed by atoms with Crippen LogP contribution in [0.15, 0.2) is 18.7 Å². The van der Waals surface area contributed by atoms with Crippen LogP contribution in [0.5, 0.6) is 0 Å². The minimum Gasteiger partial charge on any atom is -0.349 e. The Labute approximate surface area is 84.5 Å². The first-order chi connectivity index (χ1) is 6.70. The molecule has 0 saturated heterocycles. The van der Waals surface area contributed by atoms with Crippen molar-refractivity contribution in [3.05, 3.63) is 18.7 Å². The highest BCUT2D eigenvalue weighted by Gasteiger charge is 2.02. The fraction of sp³-hybridized carbons (Fsp3) is 0.600. The smallest absolute Gasteiger partial charge is 0.222 e. The van der Waals surface area contributed by atoms with E-state index in [2.05, 4.69) is 4.98 Å². The highest BCUT2D eigenvalue weighted by Crippen LogP contribution is 2.00. The Bertz CT molecular complexity index is 267. The third kappa shape index (κ3) is 3.60. The Morgan fingerprint density at radius 3 is 2.79 bits per heavy atom.